The Hall–Kier alpha value is -2.10. The highest BCUT2D eigenvalue weighted by molar-refractivity contribution is 5.38. The SMILES string of the molecule is CCC(C)c1ccccc1Oc1ccnc(N)n1. The minimum atomic E-state index is 0.216. The summed E-state index contributed by atoms with van der Waals surface area (Å²) in [5.74, 6) is 1.96. The highest BCUT2D eigenvalue weighted by atomic mass is 16.5. The minimum Gasteiger partial charge on any atom is -0.439 e. The largest absolute Gasteiger partial charge is 0.439 e. The molecule has 18 heavy (non-hydrogen) atoms. The number of nitrogen functional groups attached to an aromatic ring is 1. The lowest BCUT2D eigenvalue weighted by Crippen LogP contribution is -1.99. The van der Waals surface area contributed by atoms with E-state index in [2.05, 4.69) is 29.9 Å². The Kier molecular flexibility index (Phi) is 3.77. The summed E-state index contributed by atoms with van der Waals surface area (Å²) in [4.78, 5) is 7.88. The quantitative estimate of drug-likeness (QED) is 0.894. The number of rotatable bonds is 4. The van der Waals surface area contributed by atoms with Crippen LogP contribution in [0.15, 0.2) is 36.5 Å². The van der Waals surface area contributed by atoms with Crippen molar-refractivity contribution in [3.63, 3.8) is 0 Å². The molecule has 1 atom stereocenters. The molecule has 0 saturated heterocycles. The molecule has 4 nitrogen and oxygen atoms in total. The third-order valence-electron chi connectivity index (χ3n) is 2.93. The fourth-order valence-corrected chi connectivity index (χ4v) is 1.73. The Morgan fingerprint density at radius 3 is 2.78 bits per heavy atom. The molecule has 2 aromatic rings. The Morgan fingerprint density at radius 2 is 2.06 bits per heavy atom. The first kappa shape index (κ1) is 12.4. The Balaban J connectivity index is 2.29. The molecule has 2 N–H and O–H groups in total. The van der Waals surface area contributed by atoms with Gasteiger partial charge < -0.3 is 10.5 Å². The third-order valence-corrected chi connectivity index (χ3v) is 2.93. The maximum absolute atomic E-state index is 5.78. The fraction of sp³-hybridized carbons (Fsp3) is 0.286. The topological polar surface area (TPSA) is 61.0 Å². The predicted octanol–water partition coefficient (Wildman–Crippen LogP) is 3.36. The van der Waals surface area contributed by atoms with Crippen LogP contribution in [0.25, 0.3) is 0 Å². The molecule has 0 saturated carbocycles. The molecule has 0 aliphatic heterocycles. The normalized spacial score (nSPS) is 12.1. The molecule has 2 rings (SSSR count). The lowest BCUT2D eigenvalue weighted by Gasteiger charge is -2.14. The molecule has 0 spiro atoms. The van der Waals surface area contributed by atoms with Gasteiger partial charge in [0.25, 0.3) is 0 Å². The molecule has 94 valence electrons. The lowest BCUT2D eigenvalue weighted by atomic mass is 9.98. The summed E-state index contributed by atoms with van der Waals surface area (Å²) in [5, 5.41) is 0. The maximum Gasteiger partial charge on any atom is 0.224 e. The third kappa shape index (κ3) is 2.77. The van der Waals surface area contributed by atoms with Crippen molar-refractivity contribution in [2.24, 2.45) is 0 Å². The molecule has 1 heterocycles. The van der Waals surface area contributed by atoms with E-state index in [0.717, 1.165) is 12.2 Å². The number of benzene rings is 1. The predicted molar refractivity (Wildman–Crippen MR) is 71.7 cm³/mol. The van der Waals surface area contributed by atoms with Gasteiger partial charge in [-0.3, -0.25) is 0 Å². The van der Waals surface area contributed by atoms with Crippen LogP contribution in [0.1, 0.15) is 31.7 Å². The lowest BCUT2D eigenvalue weighted by molar-refractivity contribution is 0.452. The number of hydrogen-bond donors (Lipinski definition) is 1. The van der Waals surface area contributed by atoms with E-state index in [1.807, 2.05) is 18.2 Å². The zero-order chi connectivity index (χ0) is 13.0. The van der Waals surface area contributed by atoms with E-state index in [0.29, 0.717) is 11.8 Å². The van der Waals surface area contributed by atoms with Gasteiger partial charge in [0, 0.05) is 12.3 Å². The van der Waals surface area contributed by atoms with E-state index in [-0.39, 0.29) is 5.95 Å². The van der Waals surface area contributed by atoms with E-state index in [9.17, 15) is 0 Å². The van der Waals surface area contributed by atoms with Crippen molar-refractivity contribution in [1.82, 2.24) is 9.97 Å². The van der Waals surface area contributed by atoms with Gasteiger partial charge in [0.2, 0.25) is 11.8 Å². The first-order valence-electron chi connectivity index (χ1n) is 6.06. The first-order valence-corrected chi connectivity index (χ1v) is 6.06. The van der Waals surface area contributed by atoms with E-state index < -0.39 is 0 Å². The summed E-state index contributed by atoms with van der Waals surface area (Å²) >= 11 is 0. The molecule has 1 unspecified atom stereocenters. The zero-order valence-electron chi connectivity index (χ0n) is 10.6. The summed E-state index contributed by atoms with van der Waals surface area (Å²) in [6.07, 6.45) is 2.65. The summed E-state index contributed by atoms with van der Waals surface area (Å²) in [6.45, 7) is 4.33. The Labute approximate surface area is 107 Å². The number of hydrogen-bond acceptors (Lipinski definition) is 4. The highest BCUT2D eigenvalue weighted by Gasteiger charge is 2.10. The van der Waals surface area contributed by atoms with Gasteiger partial charge in [0.1, 0.15) is 5.75 Å². The molecule has 4 heteroatoms. The van der Waals surface area contributed by atoms with Gasteiger partial charge in [0.05, 0.1) is 0 Å². The van der Waals surface area contributed by atoms with Crippen LogP contribution < -0.4 is 10.5 Å². The molecular formula is C14H17N3O. The van der Waals surface area contributed by atoms with E-state index in [4.69, 9.17) is 10.5 Å². The number of aromatic nitrogens is 2. The van der Waals surface area contributed by atoms with Crippen LogP contribution in [0, 0.1) is 0 Å². The van der Waals surface area contributed by atoms with Gasteiger partial charge in [-0.2, -0.15) is 4.98 Å². The molecular weight excluding hydrogens is 226 g/mol. The summed E-state index contributed by atoms with van der Waals surface area (Å²) in [7, 11) is 0. The van der Waals surface area contributed by atoms with Crippen LogP contribution in [-0.4, -0.2) is 9.97 Å². The molecule has 1 aromatic carbocycles. The van der Waals surface area contributed by atoms with Crippen LogP contribution in [0.3, 0.4) is 0 Å². The Morgan fingerprint density at radius 1 is 1.28 bits per heavy atom. The number of ether oxygens (including phenoxy) is 1. The standard InChI is InChI=1S/C14H17N3O/c1-3-10(2)11-6-4-5-7-12(11)18-13-8-9-16-14(15)17-13/h4-10H,3H2,1-2H3,(H2,15,16,17). The summed E-state index contributed by atoms with van der Waals surface area (Å²) in [5.41, 5.74) is 6.71. The van der Waals surface area contributed by atoms with Gasteiger partial charge in [0.15, 0.2) is 0 Å². The molecule has 0 fully saturated rings. The van der Waals surface area contributed by atoms with Crippen LogP contribution in [0.4, 0.5) is 5.95 Å². The average molecular weight is 243 g/mol. The van der Waals surface area contributed by atoms with Crippen molar-refractivity contribution in [3.8, 4) is 11.6 Å². The van der Waals surface area contributed by atoms with E-state index >= 15 is 0 Å². The van der Waals surface area contributed by atoms with Crippen molar-refractivity contribution in [1.29, 1.82) is 0 Å². The second-order valence-electron chi connectivity index (χ2n) is 4.20. The van der Waals surface area contributed by atoms with Gasteiger partial charge in [-0.25, -0.2) is 4.98 Å². The van der Waals surface area contributed by atoms with Gasteiger partial charge in [-0.05, 0) is 24.0 Å². The summed E-state index contributed by atoms with van der Waals surface area (Å²) < 4.78 is 5.78. The monoisotopic (exact) mass is 243 g/mol. The minimum absolute atomic E-state index is 0.216. The van der Waals surface area contributed by atoms with E-state index in [1.54, 1.807) is 12.3 Å². The van der Waals surface area contributed by atoms with Gasteiger partial charge >= 0.3 is 0 Å². The highest BCUT2D eigenvalue weighted by Crippen LogP contribution is 2.31. The van der Waals surface area contributed by atoms with Crippen molar-refractivity contribution < 1.29 is 4.74 Å². The number of anilines is 1. The van der Waals surface area contributed by atoms with E-state index in [1.165, 1.54) is 5.56 Å². The second-order valence-corrected chi connectivity index (χ2v) is 4.20. The fourth-order valence-electron chi connectivity index (χ4n) is 1.73. The Bertz CT molecular complexity index is 528. The first-order chi connectivity index (χ1) is 8.70. The van der Waals surface area contributed by atoms with Crippen molar-refractivity contribution in [2.45, 2.75) is 26.2 Å². The van der Waals surface area contributed by atoms with Gasteiger partial charge in [-0.15, -0.1) is 0 Å². The number of para-hydroxylation sites is 1. The number of nitrogens with zero attached hydrogens (tertiary/aromatic N) is 2. The maximum atomic E-state index is 5.78. The van der Waals surface area contributed by atoms with Gasteiger partial charge in [-0.1, -0.05) is 32.0 Å². The van der Waals surface area contributed by atoms with Crippen LogP contribution in [0.5, 0.6) is 11.6 Å². The van der Waals surface area contributed by atoms with Crippen LogP contribution >= 0.6 is 0 Å². The smallest absolute Gasteiger partial charge is 0.224 e. The van der Waals surface area contributed by atoms with Crippen molar-refractivity contribution >= 4 is 5.95 Å². The van der Waals surface area contributed by atoms with Crippen molar-refractivity contribution in [3.05, 3.63) is 42.1 Å². The number of nitrogens with two attached hydrogens (primary N) is 1. The molecule has 0 aliphatic carbocycles. The van der Waals surface area contributed by atoms with Crippen molar-refractivity contribution in [2.75, 3.05) is 5.73 Å². The molecule has 0 radical (unpaired) electrons. The molecule has 0 bridgehead atoms. The summed E-state index contributed by atoms with van der Waals surface area (Å²) in [6, 6.07) is 9.69. The van der Waals surface area contributed by atoms with Crippen LogP contribution in [0.2, 0.25) is 0 Å². The molecule has 1 aromatic heterocycles. The molecule has 0 aliphatic rings. The average Bonchev–Trinajstić information content (AvgIpc) is 2.38. The van der Waals surface area contributed by atoms with Crippen LogP contribution in [-0.2, 0) is 0 Å². The zero-order valence-corrected chi connectivity index (χ0v) is 10.6. The second kappa shape index (κ2) is 5.49. The molecule has 0 amide bonds.